The minimum atomic E-state index is 0.781. The number of rotatable bonds is 0. The van der Waals surface area contributed by atoms with E-state index < -0.39 is 0 Å². The molecule has 1 aromatic carbocycles. The third-order valence-electron chi connectivity index (χ3n) is 2.40. The molecule has 16 heavy (non-hydrogen) atoms. The summed E-state index contributed by atoms with van der Waals surface area (Å²) in [5.41, 5.74) is 4.49. The first-order valence-corrected chi connectivity index (χ1v) is 6.00. The van der Waals surface area contributed by atoms with Crippen LogP contribution in [0.4, 0.5) is 0 Å². The Kier molecular flexibility index (Phi) is 4.31. The van der Waals surface area contributed by atoms with Gasteiger partial charge in [0, 0.05) is 16.1 Å². The summed E-state index contributed by atoms with van der Waals surface area (Å²) in [4.78, 5) is 4.52. The highest BCUT2D eigenvalue weighted by molar-refractivity contribution is 6.31. The molecular formula is C14H18ClN. The molecule has 2 heteroatoms. The molecule has 0 aliphatic carbocycles. The summed E-state index contributed by atoms with van der Waals surface area (Å²) in [5, 5.41) is 1.93. The molecule has 0 aliphatic heterocycles. The van der Waals surface area contributed by atoms with E-state index in [9.17, 15) is 0 Å². The largest absolute Gasteiger partial charge is 0.253 e. The van der Waals surface area contributed by atoms with E-state index in [1.807, 2.05) is 39.8 Å². The second kappa shape index (κ2) is 5.31. The standard InChI is InChI=1S/C12H12ClN.C2H6/c1-7-4-9(3)14-12-8(2)5-10(13)6-11(7)12;1-2/h4-6H,1-3H3;1-2H3. The van der Waals surface area contributed by atoms with Crippen LogP contribution in [0.25, 0.3) is 10.9 Å². The number of fused-ring (bicyclic) bond motifs is 1. The first-order chi connectivity index (χ1) is 7.58. The summed E-state index contributed by atoms with van der Waals surface area (Å²) in [6, 6.07) is 6.01. The molecule has 1 heterocycles. The minimum Gasteiger partial charge on any atom is -0.253 e. The van der Waals surface area contributed by atoms with Crippen molar-refractivity contribution in [1.82, 2.24) is 4.98 Å². The monoisotopic (exact) mass is 235 g/mol. The van der Waals surface area contributed by atoms with Crippen molar-refractivity contribution in [2.45, 2.75) is 34.6 Å². The molecule has 0 atom stereocenters. The van der Waals surface area contributed by atoms with E-state index >= 15 is 0 Å². The second-order valence-electron chi connectivity index (χ2n) is 3.70. The maximum atomic E-state index is 6.01. The Morgan fingerprint density at radius 1 is 0.938 bits per heavy atom. The number of hydrogen-bond acceptors (Lipinski definition) is 1. The van der Waals surface area contributed by atoms with E-state index in [0.29, 0.717) is 0 Å². The molecule has 1 aromatic heterocycles. The third kappa shape index (κ3) is 2.53. The van der Waals surface area contributed by atoms with E-state index in [-0.39, 0.29) is 0 Å². The Bertz CT molecular complexity index is 456. The molecule has 2 aromatic rings. The Balaban J connectivity index is 0.000000606. The smallest absolute Gasteiger partial charge is 0.0738 e. The SMILES string of the molecule is CC.Cc1cc(C)c2cc(Cl)cc(C)c2n1. The number of halogens is 1. The molecule has 0 spiro atoms. The zero-order valence-electron chi connectivity index (χ0n) is 10.6. The predicted molar refractivity (Wildman–Crippen MR) is 72.3 cm³/mol. The van der Waals surface area contributed by atoms with Crippen LogP contribution in [0.2, 0.25) is 5.02 Å². The molecule has 1 nitrogen and oxygen atoms in total. The Labute approximate surface area is 102 Å². The number of pyridine rings is 1. The van der Waals surface area contributed by atoms with Gasteiger partial charge in [0.05, 0.1) is 5.52 Å². The quantitative estimate of drug-likeness (QED) is 0.637. The predicted octanol–water partition coefficient (Wildman–Crippen LogP) is 4.84. The lowest BCUT2D eigenvalue weighted by atomic mass is 10.1. The zero-order valence-corrected chi connectivity index (χ0v) is 11.3. The number of aromatic nitrogens is 1. The lowest BCUT2D eigenvalue weighted by molar-refractivity contribution is 1.22. The van der Waals surface area contributed by atoms with Crippen molar-refractivity contribution >= 4 is 22.5 Å². The van der Waals surface area contributed by atoms with Crippen LogP contribution in [0.5, 0.6) is 0 Å². The first-order valence-electron chi connectivity index (χ1n) is 5.62. The lowest BCUT2D eigenvalue weighted by Gasteiger charge is -2.06. The van der Waals surface area contributed by atoms with Gasteiger partial charge in [-0.25, -0.2) is 0 Å². The molecule has 0 radical (unpaired) electrons. The van der Waals surface area contributed by atoms with E-state index in [2.05, 4.69) is 18.0 Å². The van der Waals surface area contributed by atoms with Crippen LogP contribution < -0.4 is 0 Å². The van der Waals surface area contributed by atoms with Crippen molar-refractivity contribution in [3.8, 4) is 0 Å². The molecule has 0 bridgehead atoms. The zero-order chi connectivity index (χ0) is 12.3. The fourth-order valence-electron chi connectivity index (χ4n) is 1.78. The van der Waals surface area contributed by atoms with Gasteiger partial charge in [0.25, 0.3) is 0 Å². The molecular weight excluding hydrogens is 218 g/mol. The van der Waals surface area contributed by atoms with Gasteiger partial charge in [0.15, 0.2) is 0 Å². The van der Waals surface area contributed by atoms with E-state index in [1.54, 1.807) is 0 Å². The van der Waals surface area contributed by atoms with Crippen LogP contribution in [-0.4, -0.2) is 4.98 Å². The lowest BCUT2D eigenvalue weighted by Crippen LogP contribution is -1.90. The average molecular weight is 236 g/mol. The van der Waals surface area contributed by atoms with Gasteiger partial charge in [0.2, 0.25) is 0 Å². The van der Waals surface area contributed by atoms with Gasteiger partial charge >= 0.3 is 0 Å². The van der Waals surface area contributed by atoms with Crippen molar-refractivity contribution in [2.24, 2.45) is 0 Å². The summed E-state index contributed by atoms with van der Waals surface area (Å²) in [7, 11) is 0. The van der Waals surface area contributed by atoms with Crippen LogP contribution in [0.1, 0.15) is 30.7 Å². The van der Waals surface area contributed by atoms with Gasteiger partial charge in [-0.05, 0) is 50.1 Å². The van der Waals surface area contributed by atoms with Crippen molar-refractivity contribution in [3.05, 3.63) is 40.0 Å². The van der Waals surface area contributed by atoms with E-state index in [4.69, 9.17) is 11.6 Å². The first kappa shape index (κ1) is 13.0. The molecule has 86 valence electrons. The van der Waals surface area contributed by atoms with Gasteiger partial charge in [-0.3, -0.25) is 4.98 Å². The average Bonchev–Trinajstić information content (AvgIpc) is 2.23. The molecule has 0 aliphatic rings. The molecule has 0 saturated carbocycles. The number of aryl methyl sites for hydroxylation is 3. The third-order valence-corrected chi connectivity index (χ3v) is 2.62. The van der Waals surface area contributed by atoms with Crippen LogP contribution in [0.3, 0.4) is 0 Å². The Morgan fingerprint density at radius 2 is 1.56 bits per heavy atom. The number of nitrogens with zero attached hydrogens (tertiary/aromatic N) is 1. The minimum absolute atomic E-state index is 0.781. The van der Waals surface area contributed by atoms with Crippen molar-refractivity contribution < 1.29 is 0 Å². The molecule has 0 N–H and O–H groups in total. The van der Waals surface area contributed by atoms with E-state index in [1.165, 1.54) is 5.56 Å². The molecule has 2 rings (SSSR count). The number of hydrogen-bond donors (Lipinski definition) is 0. The summed E-state index contributed by atoms with van der Waals surface area (Å²) < 4.78 is 0. The summed E-state index contributed by atoms with van der Waals surface area (Å²) in [6.45, 7) is 10.1. The van der Waals surface area contributed by atoms with E-state index in [0.717, 1.165) is 27.2 Å². The Morgan fingerprint density at radius 3 is 2.19 bits per heavy atom. The van der Waals surface area contributed by atoms with Gasteiger partial charge in [-0.2, -0.15) is 0 Å². The van der Waals surface area contributed by atoms with Crippen LogP contribution in [0, 0.1) is 20.8 Å². The number of benzene rings is 1. The van der Waals surface area contributed by atoms with Gasteiger partial charge < -0.3 is 0 Å². The van der Waals surface area contributed by atoms with Crippen LogP contribution >= 0.6 is 11.6 Å². The van der Waals surface area contributed by atoms with Crippen molar-refractivity contribution in [3.63, 3.8) is 0 Å². The Hall–Kier alpha value is -1.08. The van der Waals surface area contributed by atoms with Crippen LogP contribution in [0.15, 0.2) is 18.2 Å². The topological polar surface area (TPSA) is 12.9 Å². The fraction of sp³-hybridized carbons (Fsp3) is 0.357. The van der Waals surface area contributed by atoms with Gasteiger partial charge in [-0.1, -0.05) is 25.4 Å². The maximum absolute atomic E-state index is 6.01. The normalized spacial score (nSPS) is 9.88. The molecule has 0 unspecified atom stereocenters. The summed E-state index contributed by atoms with van der Waals surface area (Å²) >= 11 is 6.01. The maximum Gasteiger partial charge on any atom is 0.0738 e. The highest BCUT2D eigenvalue weighted by Crippen LogP contribution is 2.25. The second-order valence-corrected chi connectivity index (χ2v) is 4.14. The van der Waals surface area contributed by atoms with Gasteiger partial charge in [-0.15, -0.1) is 0 Å². The highest BCUT2D eigenvalue weighted by Gasteiger charge is 2.04. The molecule has 0 amide bonds. The highest BCUT2D eigenvalue weighted by atomic mass is 35.5. The van der Waals surface area contributed by atoms with Crippen molar-refractivity contribution in [1.29, 1.82) is 0 Å². The summed E-state index contributed by atoms with van der Waals surface area (Å²) in [6.07, 6.45) is 0. The van der Waals surface area contributed by atoms with Gasteiger partial charge in [0.1, 0.15) is 0 Å². The molecule has 0 fully saturated rings. The summed E-state index contributed by atoms with van der Waals surface area (Å²) in [5.74, 6) is 0. The van der Waals surface area contributed by atoms with Crippen LogP contribution in [-0.2, 0) is 0 Å². The van der Waals surface area contributed by atoms with Crippen molar-refractivity contribution in [2.75, 3.05) is 0 Å². The fourth-order valence-corrected chi connectivity index (χ4v) is 2.06. The molecule has 0 saturated heterocycles.